The van der Waals surface area contributed by atoms with E-state index in [4.69, 9.17) is 0 Å². The highest BCUT2D eigenvalue weighted by atomic mass is 16.7. The Labute approximate surface area is 722 Å². The zero-order chi connectivity index (χ0) is 96.4. The summed E-state index contributed by atoms with van der Waals surface area (Å²) in [5.41, 5.74) is -20.3. The monoisotopic (exact) mass is 1820 g/mol. The summed E-state index contributed by atoms with van der Waals surface area (Å²) in [5, 5.41) is 0. The van der Waals surface area contributed by atoms with E-state index in [9.17, 15) is 153 Å². The van der Waals surface area contributed by atoms with Gasteiger partial charge in [-0.3, -0.25) is 153 Å². The van der Waals surface area contributed by atoms with Gasteiger partial charge in [0.05, 0.1) is 181 Å². The van der Waals surface area contributed by atoms with Crippen molar-refractivity contribution in [2.24, 2.45) is 181 Å². The molecule has 48 heteroatoms. The molecule has 684 valence electrons. The molecule has 130 heavy (non-hydrogen) atoms. The minimum atomic E-state index is -1.35. The fraction of sp³-hybridized carbons (Fsp3) is 0.610. The van der Waals surface area contributed by atoms with E-state index in [1.807, 2.05) is 0 Å². The van der Waals surface area contributed by atoms with Crippen LogP contribution in [0.1, 0.15) is 124 Å². The largest absolute Gasteiger partial charge is 0.393 e. The Hall–Kier alpha value is -13.8. The second kappa shape index (κ2) is 25.2. The van der Waals surface area contributed by atoms with Gasteiger partial charge in [0.1, 0.15) is 0 Å². The highest BCUT2D eigenvalue weighted by molar-refractivity contribution is 6.22. The van der Waals surface area contributed by atoms with Crippen molar-refractivity contribution in [3.8, 4) is 0 Å². The normalized spacial score (nSPS) is 48.8. The van der Waals surface area contributed by atoms with E-state index in [2.05, 4.69) is 75.8 Å². The van der Waals surface area contributed by atoms with Gasteiger partial charge in [0.25, 0.3) is 0 Å². The molecule has 16 atom stereocenters. The lowest BCUT2D eigenvalue weighted by atomic mass is 9.27. The van der Waals surface area contributed by atoms with Crippen LogP contribution in [0.5, 0.6) is 0 Å². The molecular weight excluding hydrogens is 1750 g/mol. The highest BCUT2D eigenvalue weighted by Crippen LogP contribution is 2.84. The lowest BCUT2D eigenvalue weighted by molar-refractivity contribution is -0.243. The first kappa shape index (κ1) is 88.3. The van der Waals surface area contributed by atoms with Gasteiger partial charge in [-0.2, -0.15) is 0 Å². The molecule has 0 aromatic heterocycles. The SMILES string of the molecule is CC12C(=O)OC(=O)C1(C)C1(C)C(=O)OC(=O)C21C.CC12C(=O)OC(=O)C1(C)C1C(=O)OC(=O)C12.CC12C(=O)OC(=O)C1C1(C)C(=O)OC(=O)C21.CC12C(=O)OC(=O)C1C1(C)C(=O)OC(=O)C21C.CC12C(=O)OC(=O)C1C1C(=O)OC(=O)C12.CC12C(=O)OC(=O)C1C1C(=O)OC(=O)C12C.CCC12C(=O)OC(=O)C1C1(CC)C(=O)OC(=O)C21.O=C1OC(=O)C2C1C1C(=O)OC(=O)C21. The summed E-state index contributed by atoms with van der Waals surface area (Å²) in [6, 6.07) is 0. The number of cyclic esters (lactones) is 32. The third-order valence-corrected chi connectivity index (χ3v) is 35.6. The fourth-order valence-corrected chi connectivity index (χ4v) is 26.9. The van der Waals surface area contributed by atoms with Gasteiger partial charge in [-0.25, -0.2) is 0 Å². The molecule has 24 rings (SSSR count). The van der Waals surface area contributed by atoms with Crippen molar-refractivity contribution in [3.05, 3.63) is 0 Å². The first-order valence-corrected chi connectivity index (χ1v) is 40.1. The van der Waals surface area contributed by atoms with Crippen molar-refractivity contribution < 1.29 is 229 Å². The quantitative estimate of drug-likeness (QED) is 0.145. The Morgan fingerprint density at radius 2 is 0.354 bits per heavy atom. The van der Waals surface area contributed by atoms with Crippen molar-refractivity contribution >= 4 is 191 Å². The number of rotatable bonds is 2. The molecule has 16 unspecified atom stereocenters. The number of hydrogen-bond acceptors (Lipinski definition) is 48. The smallest absolute Gasteiger partial charge is 0.321 e. The molecule has 24 aliphatic rings. The zero-order valence-electron chi connectivity index (χ0n) is 70.2. The van der Waals surface area contributed by atoms with Crippen molar-refractivity contribution in [1.29, 1.82) is 0 Å². The average Bonchev–Trinajstić information content (AvgIpc) is 1.42. The molecule has 16 aliphatic heterocycles. The van der Waals surface area contributed by atoms with Crippen LogP contribution in [0.3, 0.4) is 0 Å². The molecular formula is C82H68O48. The number of carbonyl (C=O) groups excluding carboxylic acids is 32. The molecule has 0 amide bonds. The van der Waals surface area contributed by atoms with Gasteiger partial charge in [-0.15, -0.1) is 0 Å². The van der Waals surface area contributed by atoms with E-state index in [1.165, 1.54) is 96.9 Å². The Balaban J connectivity index is 0.000000104. The van der Waals surface area contributed by atoms with Gasteiger partial charge < -0.3 is 75.8 Å². The zero-order valence-corrected chi connectivity index (χ0v) is 70.2. The summed E-state index contributed by atoms with van der Waals surface area (Å²) < 4.78 is 72.5. The van der Waals surface area contributed by atoms with Crippen LogP contribution < -0.4 is 0 Å². The summed E-state index contributed by atoms with van der Waals surface area (Å²) in [6.45, 7) is 24.1. The molecule has 0 bridgehead atoms. The van der Waals surface area contributed by atoms with Crippen molar-refractivity contribution in [1.82, 2.24) is 0 Å². The molecule has 0 aromatic rings. The number of fused-ring (bicyclic) bond motifs is 32. The van der Waals surface area contributed by atoms with Crippen LogP contribution in [0, 0.1) is 181 Å². The molecule has 48 nitrogen and oxygen atoms in total. The van der Waals surface area contributed by atoms with Gasteiger partial charge in [0.2, 0.25) is 0 Å². The Morgan fingerprint density at radius 1 is 0.162 bits per heavy atom. The van der Waals surface area contributed by atoms with Gasteiger partial charge >= 0.3 is 191 Å². The summed E-state index contributed by atoms with van der Waals surface area (Å²) >= 11 is 0. The molecule has 0 aromatic carbocycles. The number of esters is 32. The molecule has 24 fully saturated rings. The molecule has 8 aliphatic carbocycles. The molecule has 0 radical (unpaired) electrons. The molecule has 8 saturated carbocycles. The Bertz CT molecular complexity index is 5490. The van der Waals surface area contributed by atoms with E-state index in [0.29, 0.717) is 0 Å². The first-order chi connectivity index (χ1) is 59.9. The lowest BCUT2D eigenvalue weighted by Gasteiger charge is -2.65. The van der Waals surface area contributed by atoms with E-state index in [-0.39, 0.29) is 12.8 Å². The van der Waals surface area contributed by atoms with Crippen LogP contribution in [0.25, 0.3) is 0 Å². The van der Waals surface area contributed by atoms with Gasteiger partial charge in [0, 0.05) is 0 Å². The predicted octanol–water partition coefficient (Wildman–Crippen LogP) is -3.93. The first-order valence-electron chi connectivity index (χ1n) is 40.1. The van der Waals surface area contributed by atoms with Crippen LogP contribution in [-0.2, 0) is 229 Å². The van der Waals surface area contributed by atoms with E-state index in [1.54, 1.807) is 13.8 Å². The second-order valence-electron chi connectivity index (χ2n) is 38.5. The van der Waals surface area contributed by atoms with Crippen LogP contribution in [-0.4, -0.2) is 191 Å². The Morgan fingerprint density at radius 3 is 0.685 bits per heavy atom. The standard InChI is InChI=1S/2C12H12O6.C11H10O6.3C10H8O6.C9H6O6.C8H4O6/c1-9-5(13)17-6(14)10(9,2)12(4)8(16)18-7(15)11(9,12)3;1-3-11-5(7(13)17-9(11)15)12(4-2)6(11)8(14)18-10(12)16;1-9-4(5(12)16-6(9)13)10(2)7(14)17-8(15)11(9,10)3;1-9-3(5(11)15-7(9)13)10(2)4(9)6(12)16-8(10)14;1-9-3(5(11)15-7(9)13)4-6(12)16-8(14)10(4,9)2;1-9-3-4(6(12)15-5(3)11)10(9,2)8(14)16-7(9)13;1-9-3-2(5(10)14-6(3)11)4(9)7(12)15-8(9)13;9-5-1-2(6(10)13-5)4-3(1)7(11)14-8(4)12/h1-4H3;5-6H,3-4H2,1-2H3;4H,1-3H3;3*3-4H,1-2H3;2-4H,1H3;1-4H. The topological polar surface area (TPSA) is 694 Å². The van der Waals surface area contributed by atoms with Crippen molar-refractivity contribution in [3.63, 3.8) is 0 Å². The van der Waals surface area contributed by atoms with Crippen molar-refractivity contribution in [2.45, 2.75) is 124 Å². The van der Waals surface area contributed by atoms with Crippen LogP contribution >= 0.6 is 0 Å². The number of ether oxygens (including phenoxy) is 16. The summed E-state index contributed by atoms with van der Waals surface area (Å²) in [7, 11) is 0. The molecule has 16 heterocycles. The predicted molar refractivity (Wildman–Crippen MR) is 372 cm³/mol. The summed E-state index contributed by atoms with van der Waals surface area (Å²) in [6.07, 6.45) is 0.577. The maximum Gasteiger partial charge on any atom is 0.321 e. The lowest BCUT2D eigenvalue weighted by Crippen LogP contribution is -2.77. The molecule has 0 N–H and O–H groups in total. The van der Waals surface area contributed by atoms with E-state index in [0.717, 1.165) is 0 Å². The average molecular weight is 1820 g/mol. The third kappa shape index (κ3) is 8.46. The van der Waals surface area contributed by atoms with E-state index >= 15 is 0 Å². The molecule has 16 saturated heterocycles. The van der Waals surface area contributed by atoms with Gasteiger partial charge in [-0.1, -0.05) is 13.8 Å². The van der Waals surface area contributed by atoms with Crippen LogP contribution in [0.4, 0.5) is 0 Å². The van der Waals surface area contributed by atoms with Gasteiger partial charge in [0.15, 0.2) is 0 Å². The second-order valence-corrected chi connectivity index (χ2v) is 38.5. The highest BCUT2D eigenvalue weighted by Gasteiger charge is 2.99. The van der Waals surface area contributed by atoms with Crippen molar-refractivity contribution in [2.75, 3.05) is 0 Å². The molecule has 0 spiro atoms. The number of carbonyl (C=O) groups is 32. The van der Waals surface area contributed by atoms with Crippen LogP contribution in [0.15, 0.2) is 0 Å². The van der Waals surface area contributed by atoms with E-state index < -0.39 is 372 Å². The summed E-state index contributed by atoms with van der Waals surface area (Å²) in [5.74, 6) is -37.0. The third-order valence-electron chi connectivity index (χ3n) is 35.6. The maximum absolute atomic E-state index is 12.0. The minimum absolute atomic E-state index is 0.289. The van der Waals surface area contributed by atoms with Gasteiger partial charge in [-0.05, 0) is 110 Å². The number of hydrogen-bond donors (Lipinski definition) is 0. The fourth-order valence-electron chi connectivity index (χ4n) is 26.9. The minimum Gasteiger partial charge on any atom is -0.393 e. The summed E-state index contributed by atoms with van der Waals surface area (Å²) in [4.78, 5) is 370. The van der Waals surface area contributed by atoms with Crippen LogP contribution in [0.2, 0.25) is 0 Å². The maximum atomic E-state index is 12.0. The Kier molecular flexibility index (Phi) is 17.1.